The number of hydrogen-bond acceptors (Lipinski definition) is 3. The standard InChI is InChI=1S/C15H16BrNO2/c1-9-2-4-11(12(16)6-9)14(18)15(8-17)7-10-3-5-13(15)19-10/h2,4,6,10,13-14,18H,3,5,7H2,1H3. The van der Waals surface area contributed by atoms with Crippen LogP contribution in [0.1, 0.15) is 36.5 Å². The number of aryl methyl sites for hydroxylation is 1. The first kappa shape index (κ1) is 13.1. The van der Waals surface area contributed by atoms with Crippen molar-refractivity contribution in [1.29, 1.82) is 5.26 Å². The molecule has 100 valence electrons. The van der Waals surface area contributed by atoms with Gasteiger partial charge in [-0.1, -0.05) is 28.1 Å². The number of aliphatic hydroxyl groups is 1. The van der Waals surface area contributed by atoms with Gasteiger partial charge in [0.15, 0.2) is 0 Å². The molecule has 1 aromatic carbocycles. The van der Waals surface area contributed by atoms with E-state index in [1.165, 1.54) is 0 Å². The molecule has 2 aliphatic heterocycles. The predicted octanol–water partition coefficient (Wildman–Crippen LogP) is 3.25. The molecular weight excluding hydrogens is 306 g/mol. The number of nitriles is 1. The summed E-state index contributed by atoms with van der Waals surface area (Å²) in [6, 6.07) is 8.18. The van der Waals surface area contributed by atoms with E-state index in [0.29, 0.717) is 6.42 Å². The maximum Gasteiger partial charge on any atom is 0.116 e. The van der Waals surface area contributed by atoms with Gasteiger partial charge in [-0.3, -0.25) is 0 Å². The molecule has 0 saturated carbocycles. The molecule has 2 saturated heterocycles. The molecule has 1 N–H and O–H groups in total. The van der Waals surface area contributed by atoms with Crippen LogP contribution in [0, 0.1) is 23.7 Å². The summed E-state index contributed by atoms with van der Waals surface area (Å²) in [5.41, 5.74) is 1.11. The van der Waals surface area contributed by atoms with Gasteiger partial charge in [0.25, 0.3) is 0 Å². The maximum atomic E-state index is 10.7. The van der Waals surface area contributed by atoms with E-state index in [1.54, 1.807) is 0 Å². The Balaban J connectivity index is 1.99. The van der Waals surface area contributed by atoms with Crippen LogP contribution in [0.15, 0.2) is 22.7 Å². The molecule has 3 nitrogen and oxygen atoms in total. The first-order valence-electron chi connectivity index (χ1n) is 6.57. The van der Waals surface area contributed by atoms with Crippen molar-refractivity contribution in [2.24, 2.45) is 5.41 Å². The second-order valence-electron chi connectivity index (χ2n) is 5.61. The number of ether oxygens (including phenoxy) is 1. The number of aliphatic hydroxyl groups excluding tert-OH is 1. The fourth-order valence-electron chi connectivity index (χ4n) is 3.34. The summed E-state index contributed by atoms with van der Waals surface area (Å²) in [6.07, 6.45) is 1.72. The highest BCUT2D eigenvalue weighted by molar-refractivity contribution is 9.10. The van der Waals surface area contributed by atoms with Crippen LogP contribution in [0.2, 0.25) is 0 Å². The molecule has 0 aromatic heterocycles. The zero-order valence-electron chi connectivity index (χ0n) is 10.8. The molecule has 0 aliphatic carbocycles. The lowest BCUT2D eigenvalue weighted by Crippen LogP contribution is -2.37. The van der Waals surface area contributed by atoms with Crippen LogP contribution in [0.5, 0.6) is 0 Å². The van der Waals surface area contributed by atoms with E-state index < -0.39 is 11.5 Å². The van der Waals surface area contributed by atoms with Gasteiger partial charge in [0.05, 0.1) is 18.3 Å². The quantitative estimate of drug-likeness (QED) is 0.909. The summed E-state index contributed by atoms with van der Waals surface area (Å²) < 4.78 is 6.65. The Labute approximate surface area is 121 Å². The smallest absolute Gasteiger partial charge is 0.116 e. The minimum atomic E-state index is -0.803. The van der Waals surface area contributed by atoms with Crippen LogP contribution in [-0.4, -0.2) is 17.3 Å². The molecule has 3 rings (SSSR count). The fourth-order valence-corrected chi connectivity index (χ4v) is 4.05. The lowest BCUT2D eigenvalue weighted by Gasteiger charge is -2.33. The van der Waals surface area contributed by atoms with E-state index in [-0.39, 0.29) is 12.2 Å². The Kier molecular flexibility index (Phi) is 3.17. The van der Waals surface area contributed by atoms with E-state index in [0.717, 1.165) is 28.4 Å². The summed E-state index contributed by atoms with van der Waals surface area (Å²) in [5, 5.41) is 20.3. The zero-order chi connectivity index (χ0) is 13.6. The van der Waals surface area contributed by atoms with Crippen molar-refractivity contribution in [2.45, 2.75) is 44.5 Å². The molecule has 0 radical (unpaired) electrons. The van der Waals surface area contributed by atoms with Crippen LogP contribution in [0.4, 0.5) is 0 Å². The fraction of sp³-hybridized carbons (Fsp3) is 0.533. The second-order valence-corrected chi connectivity index (χ2v) is 6.46. The molecule has 4 unspecified atom stereocenters. The van der Waals surface area contributed by atoms with Crippen LogP contribution >= 0.6 is 15.9 Å². The van der Waals surface area contributed by atoms with Crippen molar-refractivity contribution in [3.63, 3.8) is 0 Å². The minimum Gasteiger partial charge on any atom is -0.387 e. The van der Waals surface area contributed by atoms with Gasteiger partial charge in [0, 0.05) is 4.47 Å². The highest BCUT2D eigenvalue weighted by atomic mass is 79.9. The largest absolute Gasteiger partial charge is 0.387 e. The van der Waals surface area contributed by atoms with Crippen LogP contribution < -0.4 is 0 Å². The van der Waals surface area contributed by atoms with Crippen molar-refractivity contribution in [3.05, 3.63) is 33.8 Å². The van der Waals surface area contributed by atoms with Gasteiger partial charge in [-0.25, -0.2) is 0 Å². The van der Waals surface area contributed by atoms with Crippen molar-refractivity contribution >= 4 is 15.9 Å². The Morgan fingerprint density at radius 3 is 2.84 bits per heavy atom. The van der Waals surface area contributed by atoms with Gasteiger partial charge >= 0.3 is 0 Å². The molecule has 2 bridgehead atoms. The monoisotopic (exact) mass is 321 g/mol. The van der Waals surface area contributed by atoms with E-state index in [9.17, 15) is 10.4 Å². The van der Waals surface area contributed by atoms with Crippen LogP contribution in [-0.2, 0) is 4.74 Å². The number of hydrogen-bond donors (Lipinski definition) is 1. The Morgan fingerprint density at radius 2 is 2.32 bits per heavy atom. The lowest BCUT2D eigenvalue weighted by atomic mass is 9.69. The van der Waals surface area contributed by atoms with Crippen molar-refractivity contribution in [1.82, 2.24) is 0 Å². The van der Waals surface area contributed by atoms with Crippen LogP contribution in [0.3, 0.4) is 0 Å². The summed E-state index contributed by atoms with van der Waals surface area (Å²) in [7, 11) is 0. The molecule has 0 spiro atoms. The molecule has 4 heteroatoms. The van der Waals surface area contributed by atoms with Crippen molar-refractivity contribution in [3.8, 4) is 6.07 Å². The molecular formula is C15H16BrNO2. The molecule has 2 heterocycles. The third-order valence-electron chi connectivity index (χ3n) is 4.39. The number of nitrogens with zero attached hydrogens (tertiary/aromatic N) is 1. The predicted molar refractivity (Wildman–Crippen MR) is 74.4 cm³/mol. The van der Waals surface area contributed by atoms with Gasteiger partial charge in [-0.15, -0.1) is 0 Å². The summed E-state index contributed by atoms with van der Waals surface area (Å²) >= 11 is 3.49. The molecule has 4 atom stereocenters. The Bertz CT molecular complexity index is 554. The van der Waals surface area contributed by atoms with Crippen LogP contribution in [0.25, 0.3) is 0 Å². The Morgan fingerprint density at radius 1 is 1.53 bits per heavy atom. The van der Waals surface area contributed by atoms with Crippen molar-refractivity contribution < 1.29 is 9.84 Å². The molecule has 19 heavy (non-hydrogen) atoms. The van der Waals surface area contributed by atoms with E-state index in [2.05, 4.69) is 22.0 Å². The minimum absolute atomic E-state index is 0.134. The lowest BCUT2D eigenvalue weighted by molar-refractivity contribution is 0.00306. The Hall–Kier alpha value is -0.890. The summed E-state index contributed by atoms with van der Waals surface area (Å²) in [5.74, 6) is 0. The number of fused-ring (bicyclic) bond motifs is 2. The highest BCUT2D eigenvalue weighted by Crippen LogP contribution is 2.54. The SMILES string of the molecule is Cc1ccc(C(O)C2(C#N)CC3CCC2O3)c(Br)c1. The first-order chi connectivity index (χ1) is 9.06. The molecule has 2 aliphatic rings. The zero-order valence-corrected chi connectivity index (χ0v) is 12.4. The molecule has 0 amide bonds. The van der Waals surface area contributed by atoms with E-state index >= 15 is 0 Å². The number of benzene rings is 1. The van der Waals surface area contributed by atoms with E-state index in [4.69, 9.17) is 4.74 Å². The number of rotatable bonds is 2. The van der Waals surface area contributed by atoms with Gasteiger partial charge < -0.3 is 9.84 Å². The summed E-state index contributed by atoms with van der Waals surface area (Å²) in [6.45, 7) is 2.00. The maximum absolute atomic E-state index is 10.7. The molecule has 1 aromatic rings. The topological polar surface area (TPSA) is 53.2 Å². The average Bonchev–Trinajstić information content (AvgIpc) is 2.98. The van der Waals surface area contributed by atoms with Gasteiger partial charge in [-0.2, -0.15) is 5.26 Å². The van der Waals surface area contributed by atoms with Gasteiger partial charge in [0.1, 0.15) is 11.5 Å². The molecule has 2 fully saturated rings. The van der Waals surface area contributed by atoms with Gasteiger partial charge in [-0.05, 0) is 43.4 Å². The first-order valence-corrected chi connectivity index (χ1v) is 7.37. The second kappa shape index (κ2) is 4.59. The summed E-state index contributed by atoms with van der Waals surface area (Å²) in [4.78, 5) is 0. The average molecular weight is 322 g/mol. The number of halogens is 1. The van der Waals surface area contributed by atoms with E-state index in [1.807, 2.05) is 25.1 Å². The third-order valence-corrected chi connectivity index (χ3v) is 5.08. The third kappa shape index (κ3) is 1.92. The van der Waals surface area contributed by atoms with Crippen molar-refractivity contribution in [2.75, 3.05) is 0 Å². The normalized spacial score (nSPS) is 34.2. The van der Waals surface area contributed by atoms with Gasteiger partial charge in [0.2, 0.25) is 0 Å². The highest BCUT2D eigenvalue weighted by Gasteiger charge is 2.57.